The predicted molar refractivity (Wildman–Crippen MR) is 116 cm³/mol. The van der Waals surface area contributed by atoms with Crippen LogP contribution in [0.5, 0.6) is 5.75 Å². The van der Waals surface area contributed by atoms with E-state index in [1.54, 1.807) is 13.2 Å². The molecular weight excluding hydrogens is 372 g/mol. The minimum absolute atomic E-state index is 0.0202. The van der Waals surface area contributed by atoms with E-state index in [4.69, 9.17) is 4.74 Å². The van der Waals surface area contributed by atoms with E-state index in [1.807, 2.05) is 49.4 Å². The van der Waals surface area contributed by atoms with Crippen molar-refractivity contribution in [3.05, 3.63) is 48.5 Å². The number of hydrogen-bond acceptors (Lipinski definition) is 4. The van der Waals surface area contributed by atoms with Gasteiger partial charge >= 0.3 is 0 Å². The normalized spacial score (nSPS) is 11.5. The molecule has 0 aliphatic heterocycles. The van der Waals surface area contributed by atoms with Gasteiger partial charge in [-0.15, -0.1) is 11.8 Å². The van der Waals surface area contributed by atoms with Crippen molar-refractivity contribution in [1.82, 2.24) is 0 Å². The molecule has 5 nitrogen and oxygen atoms in total. The van der Waals surface area contributed by atoms with Crippen LogP contribution >= 0.6 is 11.8 Å². The monoisotopic (exact) mass is 400 g/mol. The van der Waals surface area contributed by atoms with Crippen LogP contribution in [0.1, 0.15) is 39.5 Å². The molecule has 0 saturated heterocycles. The van der Waals surface area contributed by atoms with E-state index in [9.17, 15) is 9.59 Å². The molecule has 0 aliphatic rings. The Labute approximate surface area is 171 Å². The Balaban J connectivity index is 2.00. The van der Waals surface area contributed by atoms with E-state index in [0.29, 0.717) is 24.3 Å². The van der Waals surface area contributed by atoms with E-state index in [2.05, 4.69) is 17.6 Å². The van der Waals surface area contributed by atoms with Gasteiger partial charge < -0.3 is 15.4 Å². The fourth-order valence-corrected chi connectivity index (χ4v) is 3.63. The highest BCUT2D eigenvalue weighted by Gasteiger charge is 2.18. The molecule has 2 rings (SSSR count). The van der Waals surface area contributed by atoms with Crippen LogP contribution in [0.15, 0.2) is 53.4 Å². The van der Waals surface area contributed by atoms with Gasteiger partial charge in [0.15, 0.2) is 0 Å². The maximum atomic E-state index is 12.7. The first-order chi connectivity index (χ1) is 13.5. The summed E-state index contributed by atoms with van der Waals surface area (Å²) in [5.74, 6) is 0.662. The van der Waals surface area contributed by atoms with Crippen LogP contribution in [0.25, 0.3) is 0 Å². The largest absolute Gasteiger partial charge is 0.497 e. The smallest absolute Gasteiger partial charge is 0.237 e. The van der Waals surface area contributed by atoms with Gasteiger partial charge in [-0.25, -0.2) is 0 Å². The minimum Gasteiger partial charge on any atom is -0.497 e. The molecule has 0 radical (unpaired) electrons. The SMILES string of the molecule is CCCCC(=O)Nc1cccc(SC(CC)C(=O)Nc2cccc(OC)c2)c1. The standard InChI is InChI=1S/C22H28N2O3S/c1-4-6-13-21(25)23-17-10-8-12-19(15-17)28-20(5-2)22(26)24-16-9-7-11-18(14-16)27-3/h7-12,14-15,20H,4-6,13H2,1-3H3,(H,23,25)(H,24,26). The topological polar surface area (TPSA) is 67.4 Å². The number of anilines is 2. The minimum atomic E-state index is -0.239. The molecule has 150 valence electrons. The molecule has 2 N–H and O–H groups in total. The maximum Gasteiger partial charge on any atom is 0.237 e. The number of amides is 2. The van der Waals surface area contributed by atoms with Crippen LogP contribution < -0.4 is 15.4 Å². The Hall–Kier alpha value is -2.47. The lowest BCUT2D eigenvalue weighted by Gasteiger charge is -2.16. The van der Waals surface area contributed by atoms with Crippen LogP contribution in [0.3, 0.4) is 0 Å². The van der Waals surface area contributed by atoms with E-state index < -0.39 is 0 Å². The molecule has 0 aliphatic carbocycles. The quantitative estimate of drug-likeness (QED) is 0.529. The van der Waals surface area contributed by atoms with E-state index in [-0.39, 0.29) is 17.1 Å². The van der Waals surface area contributed by atoms with Crippen LogP contribution in [-0.2, 0) is 9.59 Å². The molecule has 0 fully saturated rings. The number of carbonyl (C=O) groups is 2. The molecule has 2 aromatic rings. The number of methoxy groups -OCH3 is 1. The molecule has 1 unspecified atom stereocenters. The number of ether oxygens (including phenoxy) is 1. The first-order valence-corrected chi connectivity index (χ1v) is 10.4. The first kappa shape index (κ1) is 21.8. The fraction of sp³-hybridized carbons (Fsp3) is 0.364. The van der Waals surface area contributed by atoms with Gasteiger partial charge in [0.05, 0.1) is 12.4 Å². The van der Waals surface area contributed by atoms with E-state index in [0.717, 1.165) is 23.4 Å². The zero-order chi connectivity index (χ0) is 20.4. The van der Waals surface area contributed by atoms with Gasteiger partial charge in [-0.1, -0.05) is 32.4 Å². The Morgan fingerprint density at radius 3 is 2.43 bits per heavy atom. The number of thioether (sulfide) groups is 1. The molecule has 2 aromatic carbocycles. The second kappa shape index (κ2) is 11.4. The van der Waals surface area contributed by atoms with Gasteiger partial charge in [-0.3, -0.25) is 9.59 Å². The van der Waals surface area contributed by atoms with E-state index in [1.165, 1.54) is 11.8 Å². The Kier molecular flexibility index (Phi) is 8.88. The van der Waals surface area contributed by atoms with Crippen molar-refractivity contribution in [2.45, 2.75) is 49.7 Å². The van der Waals surface area contributed by atoms with Crippen LogP contribution in [0.4, 0.5) is 11.4 Å². The lowest BCUT2D eigenvalue weighted by atomic mass is 10.2. The van der Waals surface area contributed by atoms with Crippen molar-refractivity contribution in [2.75, 3.05) is 17.7 Å². The summed E-state index contributed by atoms with van der Waals surface area (Å²) in [4.78, 5) is 25.6. The van der Waals surface area contributed by atoms with E-state index >= 15 is 0 Å². The molecule has 2 amide bonds. The summed E-state index contributed by atoms with van der Waals surface area (Å²) in [6.07, 6.45) is 3.08. The summed E-state index contributed by atoms with van der Waals surface area (Å²) in [7, 11) is 1.60. The van der Waals surface area contributed by atoms with Gasteiger partial charge in [-0.2, -0.15) is 0 Å². The van der Waals surface area contributed by atoms with Gasteiger partial charge in [0.1, 0.15) is 5.75 Å². The van der Waals surface area contributed by atoms with Crippen molar-refractivity contribution in [3.63, 3.8) is 0 Å². The van der Waals surface area contributed by atoms with Crippen molar-refractivity contribution >= 4 is 35.0 Å². The maximum absolute atomic E-state index is 12.7. The summed E-state index contributed by atoms with van der Waals surface area (Å²) in [6.45, 7) is 4.05. The van der Waals surface area contributed by atoms with Crippen LogP contribution in [0, 0.1) is 0 Å². The lowest BCUT2D eigenvalue weighted by molar-refractivity contribution is -0.116. The van der Waals surface area contributed by atoms with Gasteiger partial charge in [0, 0.05) is 28.8 Å². The van der Waals surface area contributed by atoms with Crippen molar-refractivity contribution < 1.29 is 14.3 Å². The second-order valence-electron chi connectivity index (χ2n) is 6.42. The Morgan fingerprint density at radius 2 is 1.75 bits per heavy atom. The predicted octanol–water partition coefficient (Wildman–Crippen LogP) is 5.33. The molecule has 0 bridgehead atoms. The number of carbonyl (C=O) groups excluding carboxylic acids is 2. The Morgan fingerprint density at radius 1 is 1.04 bits per heavy atom. The number of rotatable bonds is 10. The van der Waals surface area contributed by atoms with Crippen molar-refractivity contribution in [1.29, 1.82) is 0 Å². The molecule has 0 heterocycles. The molecular formula is C22H28N2O3S. The van der Waals surface area contributed by atoms with Crippen LogP contribution in [0.2, 0.25) is 0 Å². The summed E-state index contributed by atoms with van der Waals surface area (Å²) in [5.41, 5.74) is 1.47. The lowest BCUT2D eigenvalue weighted by Crippen LogP contribution is -2.24. The summed E-state index contributed by atoms with van der Waals surface area (Å²) in [6, 6.07) is 14.9. The summed E-state index contributed by atoms with van der Waals surface area (Å²) >= 11 is 1.49. The molecule has 28 heavy (non-hydrogen) atoms. The molecule has 0 saturated carbocycles. The molecule has 0 spiro atoms. The van der Waals surface area contributed by atoms with Crippen molar-refractivity contribution in [2.24, 2.45) is 0 Å². The fourth-order valence-electron chi connectivity index (χ4n) is 2.62. The number of unbranched alkanes of at least 4 members (excludes halogenated alkanes) is 1. The highest BCUT2D eigenvalue weighted by Crippen LogP contribution is 2.29. The number of benzene rings is 2. The average Bonchev–Trinajstić information content (AvgIpc) is 2.70. The van der Waals surface area contributed by atoms with Gasteiger partial charge in [-0.05, 0) is 43.2 Å². The van der Waals surface area contributed by atoms with Crippen molar-refractivity contribution in [3.8, 4) is 5.75 Å². The van der Waals surface area contributed by atoms with Gasteiger partial charge in [0.25, 0.3) is 0 Å². The Bertz CT molecular complexity index is 795. The highest BCUT2D eigenvalue weighted by molar-refractivity contribution is 8.00. The highest BCUT2D eigenvalue weighted by atomic mass is 32.2. The molecule has 1 atom stereocenters. The van der Waals surface area contributed by atoms with Crippen LogP contribution in [-0.4, -0.2) is 24.2 Å². The molecule has 0 aromatic heterocycles. The third-order valence-electron chi connectivity index (χ3n) is 4.15. The average molecular weight is 401 g/mol. The zero-order valence-corrected chi connectivity index (χ0v) is 17.5. The number of nitrogens with one attached hydrogen (secondary N) is 2. The van der Waals surface area contributed by atoms with Gasteiger partial charge in [0.2, 0.25) is 11.8 Å². The zero-order valence-electron chi connectivity index (χ0n) is 16.7. The third-order valence-corrected chi connectivity index (χ3v) is 5.51. The third kappa shape index (κ3) is 6.93. The second-order valence-corrected chi connectivity index (χ2v) is 7.69. The summed E-state index contributed by atoms with van der Waals surface area (Å²) < 4.78 is 5.20. The first-order valence-electron chi connectivity index (χ1n) is 9.57. The summed E-state index contributed by atoms with van der Waals surface area (Å²) in [5, 5.41) is 5.63. The molecule has 6 heteroatoms. The number of hydrogen-bond donors (Lipinski definition) is 2.